The van der Waals surface area contributed by atoms with Gasteiger partial charge in [0.05, 0.1) is 6.61 Å². The molecule has 64 valence electrons. The number of hydrogen-bond acceptors (Lipinski definition) is 3. The minimum Gasteiger partial charge on any atom is -0.480 e. The van der Waals surface area contributed by atoms with Crippen molar-refractivity contribution in [2.45, 2.75) is 12.5 Å². The number of carboxylic acid groups (broad SMARTS) is 1. The molecule has 0 unspecified atom stereocenters. The number of methoxy groups -OCH3 is 1. The van der Waals surface area contributed by atoms with Gasteiger partial charge in [-0.1, -0.05) is 0 Å². The van der Waals surface area contributed by atoms with Gasteiger partial charge in [0.25, 0.3) is 0 Å². The van der Waals surface area contributed by atoms with E-state index in [1.54, 1.807) is 7.11 Å². The summed E-state index contributed by atoms with van der Waals surface area (Å²) >= 11 is 0. The molecule has 1 fully saturated rings. The van der Waals surface area contributed by atoms with Crippen LogP contribution in [0.1, 0.15) is 6.42 Å². The van der Waals surface area contributed by atoms with Crippen LogP contribution in [0.25, 0.3) is 0 Å². The van der Waals surface area contributed by atoms with Crippen LogP contribution in [0.15, 0.2) is 0 Å². The SMILES string of the molecule is COC[C@H]1CN[C@H](C(=O)O)C1. The summed E-state index contributed by atoms with van der Waals surface area (Å²) < 4.78 is 4.92. The van der Waals surface area contributed by atoms with Gasteiger partial charge in [0, 0.05) is 13.7 Å². The average molecular weight is 159 g/mol. The summed E-state index contributed by atoms with van der Waals surface area (Å²) in [7, 11) is 1.63. The highest BCUT2D eigenvalue weighted by Gasteiger charge is 2.28. The Labute approximate surface area is 65.5 Å². The molecule has 4 nitrogen and oxygen atoms in total. The molecule has 0 aliphatic carbocycles. The quantitative estimate of drug-likeness (QED) is 0.593. The number of rotatable bonds is 3. The third-order valence-electron chi connectivity index (χ3n) is 1.92. The monoisotopic (exact) mass is 159 g/mol. The molecule has 0 radical (unpaired) electrons. The van der Waals surface area contributed by atoms with Crippen molar-refractivity contribution in [3.05, 3.63) is 0 Å². The fourth-order valence-electron chi connectivity index (χ4n) is 1.36. The fraction of sp³-hybridized carbons (Fsp3) is 0.857. The highest BCUT2D eigenvalue weighted by atomic mass is 16.5. The van der Waals surface area contributed by atoms with E-state index in [-0.39, 0.29) is 6.04 Å². The lowest BCUT2D eigenvalue weighted by molar-refractivity contribution is -0.139. The maximum Gasteiger partial charge on any atom is 0.320 e. The summed E-state index contributed by atoms with van der Waals surface area (Å²) in [5, 5.41) is 11.5. The molecule has 1 aliphatic rings. The Morgan fingerprint density at radius 3 is 3.00 bits per heavy atom. The third-order valence-corrected chi connectivity index (χ3v) is 1.92. The molecule has 0 amide bonds. The van der Waals surface area contributed by atoms with Gasteiger partial charge in [-0.05, 0) is 12.3 Å². The van der Waals surface area contributed by atoms with E-state index in [0.717, 1.165) is 6.54 Å². The van der Waals surface area contributed by atoms with Crippen molar-refractivity contribution in [1.29, 1.82) is 0 Å². The molecule has 1 saturated heterocycles. The van der Waals surface area contributed by atoms with Crippen LogP contribution in [0.5, 0.6) is 0 Å². The van der Waals surface area contributed by atoms with Crippen molar-refractivity contribution in [3.63, 3.8) is 0 Å². The molecule has 0 aromatic heterocycles. The van der Waals surface area contributed by atoms with E-state index in [2.05, 4.69) is 5.32 Å². The zero-order valence-electron chi connectivity index (χ0n) is 6.54. The second-order valence-electron chi connectivity index (χ2n) is 2.86. The molecule has 2 atom stereocenters. The minimum absolute atomic E-state index is 0.362. The van der Waals surface area contributed by atoms with Crippen LogP contribution in [0, 0.1) is 5.92 Å². The summed E-state index contributed by atoms with van der Waals surface area (Å²) in [5.74, 6) is -0.398. The first kappa shape index (κ1) is 8.49. The van der Waals surface area contributed by atoms with Crippen LogP contribution in [-0.4, -0.2) is 37.4 Å². The number of carboxylic acids is 1. The van der Waals surface area contributed by atoms with E-state index in [1.807, 2.05) is 0 Å². The number of ether oxygens (including phenoxy) is 1. The van der Waals surface area contributed by atoms with Crippen molar-refractivity contribution in [3.8, 4) is 0 Å². The predicted octanol–water partition coefficient (Wildman–Crippen LogP) is -0.305. The summed E-state index contributed by atoms with van der Waals surface area (Å²) in [6, 6.07) is -0.366. The molecule has 0 aromatic rings. The van der Waals surface area contributed by atoms with Crippen molar-refractivity contribution >= 4 is 5.97 Å². The largest absolute Gasteiger partial charge is 0.480 e. The summed E-state index contributed by atoms with van der Waals surface area (Å²) in [6.45, 7) is 1.40. The number of aliphatic carboxylic acids is 1. The molecule has 1 rings (SSSR count). The smallest absolute Gasteiger partial charge is 0.320 e. The highest BCUT2D eigenvalue weighted by Crippen LogP contribution is 2.13. The second-order valence-corrected chi connectivity index (χ2v) is 2.86. The molecule has 0 aromatic carbocycles. The Morgan fingerprint density at radius 1 is 1.82 bits per heavy atom. The number of carbonyl (C=O) groups is 1. The molecule has 2 N–H and O–H groups in total. The van der Waals surface area contributed by atoms with Crippen LogP contribution in [0.4, 0.5) is 0 Å². The average Bonchev–Trinajstić information content (AvgIpc) is 2.37. The molecule has 0 spiro atoms. The molecule has 11 heavy (non-hydrogen) atoms. The molecular formula is C7H13NO3. The zero-order valence-corrected chi connectivity index (χ0v) is 6.54. The zero-order chi connectivity index (χ0) is 8.27. The molecule has 0 bridgehead atoms. The number of nitrogens with one attached hydrogen (secondary N) is 1. The Kier molecular flexibility index (Phi) is 2.84. The van der Waals surface area contributed by atoms with Crippen LogP contribution in [0.2, 0.25) is 0 Å². The van der Waals surface area contributed by atoms with Gasteiger partial charge in [-0.2, -0.15) is 0 Å². The molecule has 0 saturated carbocycles. The summed E-state index contributed by atoms with van der Waals surface area (Å²) in [4.78, 5) is 10.4. The van der Waals surface area contributed by atoms with Crippen LogP contribution < -0.4 is 5.32 Å². The van der Waals surface area contributed by atoms with Gasteiger partial charge in [-0.15, -0.1) is 0 Å². The third kappa shape index (κ3) is 2.17. The normalized spacial score (nSPS) is 30.6. The maximum atomic E-state index is 10.4. The van der Waals surface area contributed by atoms with Gasteiger partial charge in [0.2, 0.25) is 0 Å². The summed E-state index contributed by atoms with van der Waals surface area (Å²) in [6.07, 6.45) is 0.684. The topological polar surface area (TPSA) is 58.6 Å². The van der Waals surface area contributed by atoms with Gasteiger partial charge in [-0.25, -0.2) is 0 Å². The molecule has 1 heterocycles. The van der Waals surface area contributed by atoms with Crippen molar-refractivity contribution in [2.24, 2.45) is 5.92 Å². The lowest BCUT2D eigenvalue weighted by Gasteiger charge is -2.04. The van der Waals surface area contributed by atoms with Crippen LogP contribution in [-0.2, 0) is 9.53 Å². The van der Waals surface area contributed by atoms with E-state index in [1.165, 1.54) is 0 Å². The van der Waals surface area contributed by atoms with Gasteiger partial charge in [0.15, 0.2) is 0 Å². The Morgan fingerprint density at radius 2 is 2.55 bits per heavy atom. The lowest BCUT2D eigenvalue weighted by atomic mass is 10.1. The van der Waals surface area contributed by atoms with Crippen LogP contribution >= 0.6 is 0 Å². The highest BCUT2D eigenvalue weighted by molar-refractivity contribution is 5.73. The van der Waals surface area contributed by atoms with E-state index in [0.29, 0.717) is 18.9 Å². The Bertz CT molecular complexity index is 149. The Balaban J connectivity index is 2.29. The van der Waals surface area contributed by atoms with Gasteiger partial charge < -0.3 is 15.2 Å². The summed E-state index contributed by atoms with van der Waals surface area (Å²) in [5.41, 5.74) is 0. The lowest BCUT2D eigenvalue weighted by Crippen LogP contribution is -2.29. The van der Waals surface area contributed by atoms with Gasteiger partial charge in [0.1, 0.15) is 6.04 Å². The minimum atomic E-state index is -0.761. The van der Waals surface area contributed by atoms with E-state index < -0.39 is 5.97 Å². The van der Waals surface area contributed by atoms with Gasteiger partial charge in [-0.3, -0.25) is 4.79 Å². The van der Waals surface area contributed by atoms with Gasteiger partial charge >= 0.3 is 5.97 Å². The number of hydrogen-bond donors (Lipinski definition) is 2. The van der Waals surface area contributed by atoms with Crippen LogP contribution in [0.3, 0.4) is 0 Å². The first-order chi connectivity index (χ1) is 5.24. The van der Waals surface area contributed by atoms with Crippen molar-refractivity contribution in [2.75, 3.05) is 20.3 Å². The molecule has 4 heteroatoms. The predicted molar refractivity (Wildman–Crippen MR) is 39.4 cm³/mol. The first-order valence-electron chi connectivity index (χ1n) is 3.69. The Hall–Kier alpha value is -0.610. The maximum absolute atomic E-state index is 10.4. The second kappa shape index (κ2) is 3.69. The van der Waals surface area contributed by atoms with Crippen molar-refractivity contribution in [1.82, 2.24) is 5.32 Å². The molecule has 1 aliphatic heterocycles. The standard InChI is InChI=1S/C7H13NO3/c1-11-4-5-2-6(7(9)10)8-3-5/h5-6,8H,2-4H2,1H3,(H,9,10)/t5-,6+/m1/s1. The molecular weight excluding hydrogens is 146 g/mol. The van der Waals surface area contributed by atoms with E-state index in [9.17, 15) is 4.79 Å². The van der Waals surface area contributed by atoms with E-state index in [4.69, 9.17) is 9.84 Å². The van der Waals surface area contributed by atoms with E-state index >= 15 is 0 Å². The van der Waals surface area contributed by atoms with Crippen molar-refractivity contribution < 1.29 is 14.6 Å². The fourth-order valence-corrected chi connectivity index (χ4v) is 1.36. The first-order valence-corrected chi connectivity index (χ1v) is 3.69.